The standard InChI is InChI=1S/C20H32N4O2/c25-20(15-22-11-8-21-16-22)24-10-3-5-18-19(24)4-1-2-9-23(18)14-17-6-12-26-13-7-17/h8,11,16-19H,1-7,9-10,12-15H2/t18-,19-/m1/s1. The van der Waals surface area contributed by atoms with Crippen molar-refractivity contribution in [3.8, 4) is 0 Å². The molecule has 26 heavy (non-hydrogen) atoms. The van der Waals surface area contributed by atoms with E-state index in [2.05, 4.69) is 14.8 Å². The van der Waals surface area contributed by atoms with Gasteiger partial charge in [0.1, 0.15) is 6.54 Å². The molecule has 3 saturated heterocycles. The smallest absolute Gasteiger partial charge is 0.242 e. The number of hydrogen-bond donors (Lipinski definition) is 0. The van der Waals surface area contributed by atoms with Gasteiger partial charge in [0.25, 0.3) is 0 Å². The number of imidazole rings is 1. The summed E-state index contributed by atoms with van der Waals surface area (Å²) >= 11 is 0. The first kappa shape index (κ1) is 18.0. The van der Waals surface area contributed by atoms with Crippen molar-refractivity contribution in [1.29, 1.82) is 0 Å². The Morgan fingerprint density at radius 1 is 1.04 bits per heavy atom. The van der Waals surface area contributed by atoms with E-state index in [4.69, 9.17) is 4.74 Å². The lowest BCUT2D eigenvalue weighted by molar-refractivity contribution is -0.137. The number of aromatic nitrogens is 2. The molecule has 6 heteroatoms. The second-order valence-electron chi connectivity index (χ2n) is 8.15. The summed E-state index contributed by atoms with van der Waals surface area (Å²) in [5, 5.41) is 0. The summed E-state index contributed by atoms with van der Waals surface area (Å²) < 4.78 is 7.43. The molecule has 4 heterocycles. The van der Waals surface area contributed by atoms with Crippen LogP contribution in [0, 0.1) is 5.92 Å². The molecule has 3 aliphatic heterocycles. The number of carbonyl (C=O) groups is 1. The predicted octanol–water partition coefficient (Wildman–Crippen LogP) is 2.16. The number of ether oxygens (including phenoxy) is 1. The van der Waals surface area contributed by atoms with Crippen LogP contribution in [0.4, 0.5) is 0 Å². The van der Waals surface area contributed by atoms with Gasteiger partial charge in [0.2, 0.25) is 5.91 Å². The Labute approximate surface area is 156 Å². The second kappa shape index (κ2) is 8.53. The molecule has 3 aliphatic rings. The van der Waals surface area contributed by atoms with E-state index in [0.717, 1.165) is 38.5 Å². The minimum absolute atomic E-state index is 0.255. The minimum atomic E-state index is 0.255. The van der Waals surface area contributed by atoms with E-state index in [0.29, 0.717) is 18.6 Å². The fraction of sp³-hybridized carbons (Fsp3) is 0.800. The van der Waals surface area contributed by atoms with Crippen LogP contribution in [0.2, 0.25) is 0 Å². The van der Waals surface area contributed by atoms with E-state index in [1.54, 1.807) is 12.5 Å². The molecular weight excluding hydrogens is 328 g/mol. The average molecular weight is 361 g/mol. The molecule has 1 aromatic rings. The molecule has 0 saturated carbocycles. The Balaban J connectivity index is 1.44. The van der Waals surface area contributed by atoms with E-state index in [-0.39, 0.29) is 5.91 Å². The molecule has 144 valence electrons. The van der Waals surface area contributed by atoms with Crippen LogP contribution in [0.15, 0.2) is 18.7 Å². The minimum Gasteiger partial charge on any atom is -0.381 e. The first-order valence-electron chi connectivity index (χ1n) is 10.4. The lowest BCUT2D eigenvalue weighted by Crippen LogP contribution is -2.57. The number of amides is 1. The maximum absolute atomic E-state index is 13.0. The number of rotatable bonds is 4. The van der Waals surface area contributed by atoms with E-state index >= 15 is 0 Å². The summed E-state index contributed by atoms with van der Waals surface area (Å²) in [4.78, 5) is 22.0. The molecule has 6 nitrogen and oxygen atoms in total. The highest BCUT2D eigenvalue weighted by atomic mass is 16.5. The van der Waals surface area contributed by atoms with Crippen molar-refractivity contribution in [3.63, 3.8) is 0 Å². The second-order valence-corrected chi connectivity index (χ2v) is 8.15. The number of hydrogen-bond acceptors (Lipinski definition) is 4. The van der Waals surface area contributed by atoms with E-state index in [1.807, 2.05) is 10.8 Å². The molecule has 0 radical (unpaired) electrons. The molecule has 0 aromatic carbocycles. The van der Waals surface area contributed by atoms with Gasteiger partial charge in [-0.15, -0.1) is 0 Å². The number of piperidine rings is 1. The van der Waals surface area contributed by atoms with E-state index in [9.17, 15) is 4.79 Å². The van der Waals surface area contributed by atoms with Gasteiger partial charge in [0.05, 0.1) is 6.33 Å². The van der Waals surface area contributed by atoms with Gasteiger partial charge in [0.15, 0.2) is 0 Å². The van der Waals surface area contributed by atoms with E-state index < -0.39 is 0 Å². The molecule has 0 spiro atoms. The summed E-state index contributed by atoms with van der Waals surface area (Å²) in [5.41, 5.74) is 0. The van der Waals surface area contributed by atoms with Crippen molar-refractivity contribution in [2.24, 2.45) is 5.92 Å². The predicted molar refractivity (Wildman–Crippen MR) is 99.7 cm³/mol. The van der Waals surface area contributed by atoms with Crippen LogP contribution < -0.4 is 0 Å². The van der Waals surface area contributed by atoms with Gasteiger partial charge in [-0.2, -0.15) is 0 Å². The molecule has 2 atom stereocenters. The van der Waals surface area contributed by atoms with Crippen LogP contribution in [0.1, 0.15) is 44.9 Å². The van der Waals surface area contributed by atoms with Crippen LogP contribution in [0.5, 0.6) is 0 Å². The van der Waals surface area contributed by atoms with Crippen LogP contribution in [0.25, 0.3) is 0 Å². The molecular formula is C20H32N4O2. The molecule has 0 aliphatic carbocycles. The number of fused-ring (bicyclic) bond motifs is 1. The first-order chi connectivity index (χ1) is 12.8. The van der Waals surface area contributed by atoms with Crippen LogP contribution >= 0.6 is 0 Å². The van der Waals surface area contributed by atoms with Crippen LogP contribution in [0.3, 0.4) is 0 Å². The quantitative estimate of drug-likeness (QED) is 0.826. The Morgan fingerprint density at radius 2 is 1.88 bits per heavy atom. The summed E-state index contributed by atoms with van der Waals surface area (Å²) in [6.07, 6.45) is 13.8. The highest BCUT2D eigenvalue weighted by molar-refractivity contribution is 5.76. The van der Waals surface area contributed by atoms with Crippen molar-refractivity contribution >= 4 is 5.91 Å². The summed E-state index contributed by atoms with van der Waals surface area (Å²) in [5.74, 6) is 1.02. The largest absolute Gasteiger partial charge is 0.381 e. The maximum Gasteiger partial charge on any atom is 0.242 e. The zero-order valence-corrected chi connectivity index (χ0v) is 15.8. The van der Waals surface area contributed by atoms with Gasteiger partial charge < -0.3 is 14.2 Å². The highest BCUT2D eigenvalue weighted by Gasteiger charge is 2.39. The Morgan fingerprint density at radius 3 is 2.69 bits per heavy atom. The summed E-state index contributed by atoms with van der Waals surface area (Å²) in [7, 11) is 0. The van der Waals surface area contributed by atoms with Gasteiger partial charge >= 0.3 is 0 Å². The normalized spacial score (nSPS) is 28.5. The lowest BCUT2D eigenvalue weighted by Gasteiger charge is -2.46. The monoisotopic (exact) mass is 360 g/mol. The topological polar surface area (TPSA) is 50.6 Å². The third kappa shape index (κ3) is 4.12. The van der Waals surface area contributed by atoms with Gasteiger partial charge in [0, 0.05) is 50.8 Å². The van der Waals surface area contributed by atoms with E-state index in [1.165, 1.54) is 45.2 Å². The fourth-order valence-corrected chi connectivity index (χ4v) is 5.07. The third-order valence-corrected chi connectivity index (χ3v) is 6.44. The average Bonchev–Trinajstić information content (AvgIpc) is 3.09. The van der Waals surface area contributed by atoms with Crippen molar-refractivity contribution in [1.82, 2.24) is 19.4 Å². The maximum atomic E-state index is 13.0. The van der Waals surface area contributed by atoms with Gasteiger partial charge in [-0.3, -0.25) is 9.69 Å². The SMILES string of the molecule is O=C(Cn1ccnc1)N1CCC[C@@H]2[C@H]1CCCCN2CC1CCOCC1. The van der Waals surface area contributed by atoms with Gasteiger partial charge in [-0.25, -0.2) is 4.98 Å². The van der Waals surface area contributed by atoms with Crippen molar-refractivity contribution < 1.29 is 9.53 Å². The Kier molecular flexibility index (Phi) is 5.90. The number of likely N-dealkylation sites (tertiary alicyclic amines) is 2. The van der Waals surface area contributed by atoms with Crippen LogP contribution in [-0.4, -0.2) is 70.2 Å². The molecule has 3 fully saturated rings. The van der Waals surface area contributed by atoms with Gasteiger partial charge in [-0.1, -0.05) is 6.42 Å². The number of carbonyl (C=O) groups excluding carboxylic acids is 1. The molecule has 0 unspecified atom stereocenters. The molecule has 0 bridgehead atoms. The zero-order chi connectivity index (χ0) is 17.8. The van der Waals surface area contributed by atoms with Crippen molar-refractivity contribution in [3.05, 3.63) is 18.7 Å². The molecule has 1 amide bonds. The van der Waals surface area contributed by atoms with Crippen LogP contribution in [-0.2, 0) is 16.1 Å². The Hall–Kier alpha value is -1.40. The molecule has 4 rings (SSSR count). The third-order valence-electron chi connectivity index (χ3n) is 6.44. The summed E-state index contributed by atoms with van der Waals surface area (Å²) in [6.45, 7) is 5.56. The first-order valence-corrected chi connectivity index (χ1v) is 10.4. The fourth-order valence-electron chi connectivity index (χ4n) is 5.07. The van der Waals surface area contributed by atoms with Crippen molar-refractivity contribution in [2.75, 3.05) is 32.8 Å². The lowest BCUT2D eigenvalue weighted by atomic mass is 9.91. The zero-order valence-electron chi connectivity index (χ0n) is 15.8. The van der Waals surface area contributed by atoms with Crippen molar-refractivity contribution in [2.45, 2.75) is 63.6 Å². The van der Waals surface area contributed by atoms with Gasteiger partial charge in [-0.05, 0) is 51.0 Å². The molecule has 1 aromatic heterocycles. The Bertz CT molecular complexity index is 570. The highest BCUT2D eigenvalue weighted by Crippen LogP contribution is 2.31. The molecule has 0 N–H and O–H groups in total. The summed E-state index contributed by atoms with van der Waals surface area (Å²) in [6, 6.07) is 0.933. The number of nitrogens with zero attached hydrogens (tertiary/aromatic N) is 4.